The van der Waals surface area contributed by atoms with Crippen molar-refractivity contribution in [1.29, 1.82) is 0 Å². The standard InChI is InChI=1S/C21H25F4NO4S/c22-18-10-19(30-11-12-1-5-14(6-2-12)21(23,24)25)16(13-3-4-13)9-17(18)20(27)26-31(28,29)15-7-8-15/h9-10,12-15H,1-8,11H2,(H,26,27)/t12-,14+. The van der Waals surface area contributed by atoms with Crippen LogP contribution in [0.15, 0.2) is 12.1 Å². The number of carbonyl (C=O) groups is 1. The van der Waals surface area contributed by atoms with Gasteiger partial charge in [0.1, 0.15) is 11.6 Å². The lowest BCUT2D eigenvalue weighted by atomic mass is 9.82. The highest BCUT2D eigenvalue weighted by Gasteiger charge is 2.41. The normalized spacial score (nSPS) is 24.6. The summed E-state index contributed by atoms with van der Waals surface area (Å²) in [5, 5.41) is -0.600. The summed E-state index contributed by atoms with van der Waals surface area (Å²) < 4.78 is 84.8. The fourth-order valence-corrected chi connectivity index (χ4v) is 5.39. The van der Waals surface area contributed by atoms with Gasteiger partial charge in [-0.1, -0.05) is 0 Å². The van der Waals surface area contributed by atoms with Crippen molar-refractivity contribution in [3.63, 3.8) is 0 Å². The molecule has 10 heteroatoms. The van der Waals surface area contributed by atoms with E-state index in [0.717, 1.165) is 18.9 Å². The number of rotatable bonds is 7. The molecule has 0 unspecified atom stereocenters. The van der Waals surface area contributed by atoms with Crippen LogP contribution in [-0.4, -0.2) is 32.4 Å². The summed E-state index contributed by atoms with van der Waals surface area (Å²) >= 11 is 0. The minimum absolute atomic E-state index is 0.0413. The van der Waals surface area contributed by atoms with Crippen molar-refractivity contribution in [2.75, 3.05) is 6.61 Å². The van der Waals surface area contributed by atoms with Crippen LogP contribution in [0.4, 0.5) is 17.6 Å². The molecule has 3 aliphatic carbocycles. The van der Waals surface area contributed by atoms with Gasteiger partial charge in [0, 0.05) is 6.07 Å². The average Bonchev–Trinajstić information content (AvgIpc) is 3.57. The molecule has 0 saturated heterocycles. The van der Waals surface area contributed by atoms with Gasteiger partial charge in [0.15, 0.2) is 0 Å². The molecule has 1 amide bonds. The Morgan fingerprint density at radius 2 is 1.68 bits per heavy atom. The molecule has 0 radical (unpaired) electrons. The van der Waals surface area contributed by atoms with Crippen LogP contribution in [0.25, 0.3) is 0 Å². The maximum Gasteiger partial charge on any atom is 0.391 e. The van der Waals surface area contributed by atoms with Crippen molar-refractivity contribution >= 4 is 15.9 Å². The minimum atomic E-state index is -4.17. The Labute approximate surface area is 178 Å². The van der Waals surface area contributed by atoms with E-state index in [9.17, 15) is 30.8 Å². The van der Waals surface area contributed by atoms with Gasteiger partial charge in [0.2, 0.25) is 10.0 Å². The monoisotopic (exact) mass is 463 g/mol. The molecule has 31 heavy (non-hydrogen) atoms. The van der Waals surface area contributed by atoms with Crippen LogP contribution < -0.4 is 9.46 Å². The van der Waals surface area contributed by atoms with E-state index in [1.54, 1.807) is 0 Å². The molecule has 3 fully saturated rings. The largest absolute Gasteiger partial charge is 0.493 e. The Morgan fingerprint density at radius 1 is 1.03 bits per heavy atom. The van der Waals surface area contributed by atoms with E-state index in [4.69, 9.17) is 4.74 Å². The summed E-state index contributed by atoms with van der Waals surface area (Å²) in [6.07, 6.45) is -0.592. The van der Waals surface area contributed by atoms with E-state index in [0.29, 0.717) is 31.2 Å². The Kier molecular flexibility index (Phi) is 5.95. The molecule has 0 atom stereocenters. The van der Waals surface area contributed by atoms with Gasteiger partial charge in [-0.2, -0.15) is 13.2 Å². The van der Waals surface area contributed by atoms with Gasteiger partial charge in [-0.15, -0.1) is 0 Å². The molecule has 1 N–H and O–H groups in total. The first-order valence-corrected chi connectivity index (χ1v) is 12.2. The van der Waals surface area contributed by atoms with Crippen LogP contribution in [0.5, 0.6) is 5.75 Å². The van der Waals surface area contributed by atoms with Crippen LogP contribution in [0, 0.1) is 17.7 Å². The number of hydrogen-bond donors (Lipinski definition) is 1. The van der Waals surface area contributed by atoms with Crippen LogP contribution in [0.2, 0.25) is 0 Å². The van der Waals surface area contributed by atoms with E-state index < -0.39 is 39.1 Å². The number of ether oxygens (including phenoxy) is 1. The summed E-state index contributed by atoms with van der Waals surface area (Å²) in [7, 11) is -3.80. The van der Waals surface area contributed by atoms with E-state index in [2.05, 4.69) is 0 Å². The van der Waals surface area contributed by atoms with Crippen LogP contribution in [0.1, 0.15) is 73.2 Å². The van der Waals surface area contributed by atoms with Crippen LogP contribution in [-0.2, 0) is 10.0 Å². The molecule has 172 valence electrons. The van der Waals surface area contributed by atoms with Gasteiger partial charge in [0.05, 0.1) is 23.3 Å². The molecule has 1 aromatic rings. The van der Waals surface area contributed by atoms with Crippen molar-refractivity contribution in [1.82, 2.24) is 4.72 Å². The van der Waals surface area contributed by atoms with E-state index >= 15 is 0 Å². The third-order valence-corrected chi connectivity index (χ3v) is 8.16. The second-order valence-corrected chi connectivity index (χ2v) is 10.9. The second-order valence-electron chi connectivity index (χ2n) is 8.89. The average molecular weight is 463 g/mol. The third kappa shape index (κ3) is 5.32. The van der Waals surface area contributed by atoms with Crippen molar-refractivity contribution in [2.24, 2.45) is 11.8 Å². The van der Waals surface area contributed by atoms with Crippen molar-refractivity contribution in [3.05, 3.63) is 29.1 Å². The number of halogens is 4. The lowest BCUT2D eigenvalue weighted by Crippen LogP contribution is -2.33. The number of alkyl halides is 3. The molecule has 0 spiro atoms. The topological polar surface area (TPSA) is 72.5 Å². The fraction of sp³-hybridized carbons (Fsp3) is 0.667. The number of benzene rings is 1. The molecule has 0 heterocycles. The Bertz CT molecular complexity index is 947. The summed E-state index contributed by atoms with van der Waals surface area (Å²) in [5.74, 6) is -2.82. The summed E-state index contributed by atoms with van der Waals surface area (Å²) in [6.45, 7) is 0.186. The lowest BCUT2D eigenvalue weighted by molar-refractivity contribution is -0.184. The highest BCUT2D eigenvalue weighted by Crippen LogP contribution is 2.46. The lowest BCUT2D eigenvalue weighted by Gasteiger charge is -2.30. The minimum Gasteiger partial charge on any atom is -0.493 e. The summed E-state index contributed by atoms with van der Waals surface area (Å²) in [4.78, 5) is 12.4. The first-order valence-electron chi connectivity index (χ1n) is 10.6. The molecular formula is C21H25F4NO4S. The molecule has 0 bridgehead atoms. The molecule has 5 nitrogen and oxygen atoms in total. The summed E-state index contributed by atoms with van der Waals surface area (Å²) in [6, 6.07) is 2.44. The van der Waals surface area contributed by atoms with Gasteiger partial charge in [-0.05, 0) is 74.8 Å². The zero-order valence-corrected chi connectivity index (χ0v) is 17.7. The fourth-order valence-electron chi connectivity index (χ4n) is 4.09. The smallest absolute Gasteiger partial charge is 0.391 e. The Hall–Kier alpha value is -1.84. The maximum absolute atomic E-state index is 14.6. The predicted molar refractivity (Wildman–Crippen MR) is 105 cm³/mol. The van der Waals surface area contributed by atoms with Gasteiger partial charge in [-0.25, -0.2) is 17.5 Å². The molecule has 0 aliphatic heterocycles. The van der Waals surface area contributed by atoms with Crippen molar-refractivity contribution in [2.45, 2.75) is 68.7 Å². The highest BCUT2D eigenvalue weighted by molar-refractivity contribution is 7.91. The third-order valence-electron chi connectivity index (χ3n) is 6.34. The Morgan fingerprint density at radius 3 is 2.23 bits per heavy atom. The first kappa shape index (κ1) is 22.4. The number of amides is 1. The van der Waals surface area contributed by atoms with Gasteiger partial charge >= 0.3 is 6.18 Å². The molecule has 3 saturated carbocycles. The number of carbonyl (C=O) groups excluding carboxylic acids is 1. The zero-order valence-electron chi connectivity index (χ0n) is 16.9. The first-order chi connectivity index (χ1) is 14.5. The molecular weight excluding hydrogens is 438 g/mol. The predicted octanol–water partition coefficient (Wildman–Crippen LogP) is 4.67. The highest BCUT2D eigenvalue weighted by atomic mass is 32.2. The molecule has 4 rings (SSSR count). The molecule has 1 aromatic carbocycles. The van der Waals surface area contributed by atoms with E-state index in [1.165, 1.54) is 6.07 Å². The SMILES string of the molecule is O=C(NS(=O)(=O)C1CC1)c1cc(C2CC2)c(OC[C@H]2CC[C@@H](C(F)(F)F)CC2)cc1F. The number of hydrogen-bond acceptors (Lipinski definition) is 4. The van der Waals surface area contributed by atoms with Gasteiger partial charge in [-0.3, -0.25) is 4.79 Å². The van der Waals surface area contributed by atoms with Gasteiger partial charge in [0.25, 0.3) is 5.91 Å². The number of sulfonamides is 1. The summed E-state index contributed by atoms with van der Waals surface area (Å²) in [5.41, 5.74) is 0.295. The van der Waals surface area contributed by atoms with Crippen molar-refractivity contribution < 1.29 is 35.5 Å². The van der Waals surface area contributed by atoms with E-state index in [1.807, 2.05) is 4.72 Å². The molecule has 3 aliphatic rings. The van der Waals surface area contributed by atoms with Gasteiger partial charge < -0.3 is 4.74 Å². The van der Waals surface area contributed by atoms with Crippen LogP contribution in [0.3, 0.4) is 0 Å². The quantitative estimate of drug-likeness (QED) is 0.597. The van der Waals surface area contributed by atoms with Crippen LogP contribution >= 0.6 is 0 Å². The Balaban J connectivity index is 1.43. The van der Waals surface area contributed by atoms with E-state index in [-0.39, 0.29) is 42.6 Å². The molecule has 0 aromatic heterocycles. The zero-order chi connectivity index (χ0) is 22.4. The number of nitrogens with one attached hydrogen (secondary N) is 1. The second kappa shape index (κ2) is 8.26. The maximum atomic E-state index is 14.6. The van der Waals surface area contributed by atoms with Crippen molar-refractivity contribution in [3.8, 4) is 5.75 Å².